The lowest BCUT2D eigenvalue weighted by Gasteiger charge is -2.43. The van der Waals surface area contributed by atoms with E-state index in [0.717, 1.165) is 38.8 Å². The lowest BCUT2D eigenvalue weighted by molar-refractivity contribution is -0.384. The number of ether oxygens (including phenoxy) is 1. The normalized spacial score (nSPS) is 27.8. The van der Waals surface area contributed by atoms with E-state index in [1.54, 1.807) is 23.9 Å². The number of hydrogen-bond acceptors (Lipinski definition) is 8. The number of aromatic amines is 1. The number of amides is 2. The number of nitrogens with one attached hydrogen (secondary N) is 1. The van der Waals surface area contributed by atoms with Crippen LogP contribution in [0.2, 0.25) is 10.0 Å². The smallest absolute Gasteiger partial charge is 0.305 e. The van der Waals surface area contributed by atoms with Gasteiger partial charge >= 0.3 is 4.87 Å². The third-order valence-electron chi connectivity index (χ3n) is 9.63. The second-order valence-electron chi connectivity index (χ2n) is 11.8. The van der Waals surface area contributed by atoms with Gasteiger partial charge in [-0.3, -0.25) is 29.4 Å². The largest absolute Gasteiger partial charge is 0.489 e. The van der Waals surface area contributed by atoms with Gasteiger partial charge < -0.3 is 9.72 Å². The fourth-order valence-corrected chi connectivity index (χ4v) is 11.3. The molecule has 3 aromatic carbocycles. The Labute approximate surface area is 274 Å². The number of halogens is 2. The number of aromatic nitrogens is 1. The third-order valence-corrected chi connectivity index (χ3v) is 12.7. The molecular formula is C32H23Cl2N3O6S2. The van der Waals surface area contributed by atoms with Crippen LogP contribution in [0, 0.1) is 39.7 Å². The van der Waals surface area contributed by atoms with E-state index in [1.807, 2.05) is 30.3 Å². The van der Waals surface area contributed by atoms with E-state index in [2.05, 4.69) is 4.98 Å². The summed E-state index contributed by atoms with van der Waals surface area (Å²) < 4.78 is 6.38. The highest BCUT2D eigenvalue weighted by Gasteiger charge is 2.69. The summed E-state index contributed by atoms with van der Waals surface area (Å²) in [4.78, 5) is 56.3. The van der Waals surface area contributed by atoms with Gasteiger partial charge in [0.2, 0.25) is 11.8 Å². The Kier molecular flexibility index (Phi) is 6.86. The molecule has 5 unspecified atom stereocenters. The number of hydrogen-bond donors (Lipinski definition) is 1. The van der Waals surface area contributed by atoms with E-state index in [1.165, 1.54) is 29.2 Å². The Hall–Kier alpha value is -3.64. The fraction of sp³-hybridized carbons (Fsp3) is 0.281. The van der Waals surface area contributed by atoms with Gasteiger partial charge in [0, 0.05) is 43.8 Å². The van der Waals surface area contributed by atoms with E-state index < -0.39 is 16.8 Å². The second-order valence-corrected chi connectivity index (χ2v) is 14.9. The van der Waals surface area contributed by atoms with Crippen molar-refractivity contribution in [2.75, 3.05) is 4.90 Å². The average Bonchev–Trinajstić information content (AvgIpc) is 3.75. The molecule has 1 aromatic heterocycles. The number of non-ortho nitro benzene ring substituents is 1. The molecule has 13 heteroatoms. The zero-order valence-electron chi connectivity index (χ0n) is 23.2. The molecule has 1 N–H and O–H groups in total. The molecule has 45 heavy (non-hydrogen) atoms. The maximum Gasteiger partial charge on any atom is 0.305 e. The number of H-pyrrole nitrogens is 1. The van der Waals surface area contributed by atoms with Crippen LogP contribution in [-0.2, 0) is 16.2 Å². The van der Waals surface area contributed by atoms with E-state index in [0.29, 0.717) is 21.5 Å². The molecule has 0 radical (unpaired) electrons. The van der Waals surface area contributed by atoms with Gasteiger partial charge in [-0.2, -0.15) is 0 Å². The van der Waals surface area contributed by atoms with Gasteiger partial charge in [-0.15, -0.1) is 11.8 Å². The van der Waals surface area contributed by atoms with Gasteiger partial charge in [0.25, 0.3) is 5.69 Å². The Morgan fingerprint density at radius 3 is 2.42 bits per heavy atom. The quantitative estimate of drug-likeness (QED) is 0.133. The highest BCUT2D eigenvalue weighted by molar-refractivity contribution is 8.00. The van der Waals surface area contributed by atoms with Crippen LogP contribution in [-0.4, -0.2) is 27.0 Å². The van der Waals surface area contributed by atoms with Crippen molar-refractivity contribution in [1.29, 1.82) is 0 Å². The summed E-state index contributed by atoms with van der Waals surface area (Å²) in [5.41, 5.74) is 1.96. The molecule has 2 aliphatic carbocycles. The molecule has 3 fully saturated rings. The number of benzene rings is 3. The number of anilines is 1. The number of thioether (sulfide) groups is 1. The molecule has 7 atom stereocenters. The molecule has 4 aromatic rings. The standard InChI is InChI=1S/C32H23Cl2N3O6S2/c33-15-3-1-2-14(10-15)13-43-22-9-4-16(34)11-19(22)23-24-20-12-21(27(24)44-29-28(23)45-32(40)35-29)26-25(20)30(38)36(31(26)39)17-5-7-18(8-6-17)37(41)42/h1-11,20-21,23-27H,12-13H2,(H,35,40)/t20-,21-,23?,24?,25?,26?,27?/m1/s1. The highest BCUT2D eigenvalue weighted by Crippen LogP contribution is 2.69. The van der Waals surface area contributed by atoms with E-state index in [-0.39, 0.29) is 57.9 Å². The van der Waals surface area contributed by atoms with Gasteiger partial charge in [0.1, 0.15) is 12.4 Å². The maximum atomic E-state index is 14.0. The summed E-state index contributed by atoms with van der Waals surface area (Å²) in [5, 5.41) is 13.1. The zero-order valence-corrected chi connectivity index (χ0v) is 26.4. The molecule has 2 aliphatic heterocycles. The monoisotopic (exact) mass is 679 g/mol. The molecule has 2 amide bonds. The van der Waals surface area contributed by atoms with Crippen molar-refractivity contribution >= 4 is 69.5 Å². The lowest BCUT2D eigenvalue weighted by atomic mass is 9.68. The number of thiazole rings is 1. The van der Waals surface area contributed by atoms with E-state index in [4.69, 9.17) is 27.9 Å². The molecule has 228 valence electrons. The Morgan fingerprint density at radius 1 is 0.956 bits per heavy atom. The number of nitrogens with zero attached hydrogens (tertiary/aromatic N) is 2. The van der Waals surface area contributed by atoms with Gasteiger partial charge in [-0.1, -0.05) is 46.7 Å². The molecule has 0 spiro atoms. The van der Waals surface area contributed by atoms with Crippen LogP contribution in [0.1, 0.15) is 28.3 Å². The SMILES string of the molecule is O=C1C2C(C(=O)N1c1ccc([N+](=O)[O-])cc1)[C@@H]1C[C@H]2C2Sc3[nH]c(=O)sc3C(c3cc(Cl)ccc3OCc3cccc(Cl)c3)C21. The first kappa shape index (κ1) is 28.8. The van der Waals surface area contributed by atoms with Crippen molar-refractivity contribution in [1.82, 2.24) is 4.98 Å². The minimum absolute atomic E-state index is 0.0210. The summed E-state index contributed by atoms with van der Waals surface area (Å²) in [6.07, 6.45) is 0.720. The average molecular weight is 681 g/mol. The zero-order chi connectivity index (χ0) is 31.1. The van der Waals surface area contributed by atoms with Gasteiger partial charge in [-0.25, -0.2) is 0 Å². The van der Waals surface area contributed by atoms with Crippen molar-refractivity contribution in [3.05, 3.63) is 113 Å². The highest BCUT2D eigenvalue weighted by atomic mass is 35.5. The van der Waals surface area contributed by atoms with E-state index in [9.17, 15) is 24.5 Å². The summed E-state index contributed by atoms with van der Waals surface area (Å²) in [7, 11) is 0. The molecule has 2 bridgehead atoms. The van der Waals surface area contributed by atoms with E-state index >= 15 is 0 Å². The van der Waals surface area contributed by atoms with Gasteiger partial charge in [0.05, 0.1) is 27.5 Å². The number of imide groups is 1. The van der Waals surface area contributed by atoms with Crippen molar-refractivity contribution < 1.29 is 19.2 Å². The van der Waals surface area contributed by atoms with Crippen LogP contribution >= 0.6 is 46.3 Å². The van der Waals surface area contributed by atoms with Gasteiger partial charge in [-0.05, 0) is 72.2 Å². The molecule has 9 nitrogen and oxygen atoms in total. The first-order valence-electron chi connectivity index (χ1n) is 14.4. The van der Waals surface area contributed by atoms with Crippen LogP contribution in [0.3, 0.4) is 0 Å². The minimum atomic E-state index is -0.519. The second kappa shape index (κ2) is 10.7. The number of nitro benzene ring substituents is 1. The number of carbonyl (C=O) groups excluding carboxylic acids is 2. The van der Waals surface area contributed by atoms with Crippen LogP contribution in [0.5, 0.6) is 5.75 Å². The lowest BCUT2D eigenvalue weighted by Crippen LogP contribution is -2.42. The Morgan fingerprint density at radius 2 is 1.69 bits per heavy atom. The summed E-state index contributed by atoms with van der Waals surface area (Å²) in [6, 6.07) is 18.5. The molecule has 3 heterocycles. The topological polar surface area (TPSA) is 123 Å². The van der Waals surface area contributed by atoms with Crippen LogP contribution in [0.25, 0.3) is 0 Å². The first-order chi connectivity index (χ1) is 21.7. The van der Waals surface area contributed by atoms with Crippen LogP contribution in [0.15, 0.2) is 76.6 Å². The van der Waals surface area contributed by atoms with Crippen molar-refractivity contribution in [3.63, 3.8) is 0 Å². The van der Waals surface area contributed by atoms with Crippen molar-refractivity contribution in [2.24, 2.45) is 29.6 Å². The van der Waals surface area contributed by atoms with Gasteiger partial charge in [0.15, 0.2) is 0 Å². The summed E-state index contributed by atoms with van der Waals surface area (Å²) in [6.45, 7) is 0.273. The van der Waals surface area contributed by atoms with Crippen molar-refractivity contribution in [2.45, 2.75) is 29.2 Å². The van der Waals surface area contributed by atoms with Crippen molar-refractivity contribution in [3.8, 4) is 5.75 Å². The number of carbonyl (C=O) groups is 2. The Bertz CT molecular complexity index is 1960. The predicted octanol–water partition coefficient (Wildman–Crippen LogP) is 6.91. The fourth-order valence-electron chi connectivity index (χ4n) is 8.02. The predicted molar refractivity (Wildman–Crippen MR) is 171 cm³/mol. The number of fused-ring (bicyclic) bond motifs is 9. The molecule has 8 rings (SSSR count). The third kappa shape index (κ3) is 4.54. The maximum absolute atomic E-state index is 14.0. The number of nitro groups is 1. The van der Waals surface area contributed by atoms with Crippen LogP contribution < -0.4 is 14.5 Å². The first-order valence-corrected chi connectivity index (χ1v) is 16.8. The minimum Gasteiger partial charge on any atom is -0.489 e. The van der Waals surface area contributed by atoms with Crippen LogP contribution in [0.4, 0.5) is 11.4 Å². The summed E-state index contributed by atoms with van der Waals surface area (Å²) in [5.74, 6) is -1.45. The number of rotatable bonds is 6. The molecular weight excluding hydrogens is 657 g/mol. The summed E-state index contributed by atoms with van der Waals surface area (Å²) >= 11 is 15.5. The Balaban J connectivity index is 1.18. The molecule has 1 saturated heterocycles. The molecule has 4 aliphatic rings. The molecule has 2 saturated carbocycles.